The molecule has 0 spiro atoms. The van der Waals surface area contributed by atoms with Crippen molar-refractivity contribution >= 4 is 32.6 Å². The molecule has 2 atom stereocenters. The standard InChI is InChI=1S/C23H19N3O2S2/c1-15-9-11-17(12-10-15)30(27,28)26-21-18-7-2-5-16-6-3-8-19(20(16)18)22(21)29-23-24-13-4-14-25-23/h2-14,21-22,26H,1H3/t21-,22-/m1/s1. The second-order valence-corrected chi connectivity index (χ2v) is 10.1. The molecule has 1 N–H and O–H groups in total. The molecule has 0 radical (unpaired) electrons. The Kier molecular flexibility index (Phi) is 4.81. The Hall–Kier alpha value is -2.74. The van der Waals surface area contributed by atoms with Crippen molar-refractivity contribution in [2.75, 3.05) is 0 Å². The Morgan fingerprint density at radius 1 is 0.867 bits per heavy atom. The van der Waals surface area contributed by atoms with E-state index in [-0.39, 0.29) is 10.1 Å². The van der Waals surface area contributed by atoms with Gasteiger partial charge >= 0.3 is 0 Å². The van der Waals surface area contributed by atoms with Crippen LogP contribution in [0.5, 0.6) is 0 Å². The molecule has 1 aliphatic rings. The van der Waals surface area contributed by atoms with Crippen LogP contribution in [-0.4, -0.2) is 18.4 Å². The minimum absolute atomic E-state index is 0.172. The predicted molar refractivity (Wildman–Crippen MR) is 119 cm³/mol. The van der Waals surface area contributed by atoms with Crippen molar-refractivity contribution in [3.8, 4) is 0 Å². The van der Waals surface area contributed by atoms with Gasteiger partial charge < -0.3 is 0 Å². The maximum absolute atomic E-state index is 13.2. The fourth-order valence-corrected chi connectivity index (χ4v) is 6.37. The van der Waals surface area contributed by atoms with Crippen LogP contribution in [0, 0.1) is 6.92 Å². The van der Waals surface area contributed by atoms with Crippen molar-refractivity contribution in [1.82, 2.24) is 14.7 Å². The van der Waals surface area contributed by atoms with Crippen LogP contribution in [0.4, 0.5) is 0 Å². The number of aryl methyl sites for hydroxylation is 1. The monoisotopic (exact) mass is 433 g/mol. The Labute approximate surface area is 179 Å². The first-order valence-electron chi connectivity index (χ1n) is 9.57. The average Bonchev–Trinajstić information content (AvgIpc) is 3.04. The van der Waals surface area contributed by atoms with E-state index in [4.69, 9.17) is 0 Å². The van der Waals surface area contributed by atoms with E-state index in [9.17, 15) is 8.42 Å². The number of benzene rings is 3. The summed E-state index contributed by atoms with van der Waals surface area (Å²) in [5, 5.41) is 2.65. The van der Waals surface area contributed by atoms with Crippen LogP contribution in [0.2, 0.25) is 0 Å². The van der Waals surface area contributed by atoms with Gasteiger partial charge in [-0.1, -0.05) is 65.9 Å². The van der Waals surface area contributed by atoms with E-state index in [0.717, 1.165) is 27.5 Å². The van der Waals surface area contributed by atoms with Gasteiger partial charge in [0.25, 0.3) is 0 Å². The summed E-state index contributed by atoms with van der Waals surface area (Å²) in [6, 6.07) is 20.4. The number of rotatable bonds is 5. The van der Waals surface area contributed by atoms with Crippen molar-refractivity contribution < 1.29 is 8.42 Å². The van der Waals surface area contributed by atoms with Crippen LogP contribution in [-0.2, 0) is 10.0 Å². The van der Waals surface area contributed by atoms with Crippen molar-refractivity contribution in [1.29, 1.82) is 0 Å². The summed E-state index contributed by atoms with van der Waals surface area (Å²) in [5.41, 5.74) is 3.09. The summed E-state index contributed by atoms with van der Waals surface area (Å²) >= 11 is 1.48. The molecule has 1 aliphatic carbocycles. The van der Waals surface area contributed by atoms with E-state index in [2.05, 4.69) is 32.9 Å². The molecule has 0 bridgehead atoms. The van der Waals surface area contributed by atoms with E-state index in [1.54, 1.807) is 30.6 Å². The summed E-state index contributed by atoms with van der Waals surface area (Å²) in [7, 11) is -3.70. The Balaban J connectivity index is 1.59. The number of aromatic nitrogens is 2. The molecular weight excluding hydrogens is 414 g/mol. The molecule has 7 heteroatoms. The lowest BCUT2D eigenvalue weighted by atomic mass is 10.1. The van der Waals surface area contributed by atoms with Crippen molar-refractivity contribution in [3.63, 3.8) is 0 Å². The number of thioether (sulfide) groups is 1. The number of hydrogen-bond donors (Lipinski definition) is 1. The fourth-order valence-electron chi connectivity index (χ4n) is 3.91. The van der Waals surface area contributed by atoms with Gasteiger partial charge in [0.1, 0.15) is 0 Å². The van der Waals surface area contributed by atoms with Gasteiger partial charge in [-0.25, -0.2) is 23.1 Å². The number of nitrogens with zero attached hydrogens (tertiary/aromatic N) is 2. The third kappa shape index (κ3) is 3.39. The lowest BCUT2D eigenvalue weighted by molar-refractivity contribution is 0.557. The highest BCUT2D eigenvalue weighted by molar-refractivity contribution is 7.99. The van der Waals surface area contributed by atoms with Gasteiger partial charge in [-0.15, -0.1) is 0 Å². The van der Waals surface area contributed by atoms with Crippen LogP contribution in [0.3, 0.4) is 0 Å². The Morgan fingerprint density at radius 3 is 2.23 bits per heavy atom. The molecule has 0 saturated heterocycles. The molecule has 1 aromatic heterocycles. The molecule has 4 aromatic rings. The van der Waals surface area contributed by atoms with Crippen LogP contribution in [0.1, 0.15) is 28.0 Å². The smallest absolute Gasteiger partial charge is 0.231 e. The Bertz CT molecular complexity index is 1320. The van der Waals surface area contributed by atoms with E-state index >= 15 is 0 Å². The summed E-state index contributed by atoms with van der Waals surface area (Å²) < 4.78 is 29.4. The molecule has 0 fully saturated rings. The summed E-state index contributed by atoms with van der Waals surface area (Å²) in [6.07, 6.45) is 3.40. The lowest BCUT2D eigenvalue weighted by Crippen LogP contribution is -2.30. The highest BCUT2D eigenvalue weighted by atomic mass is 32.2. The molecule has 0 unspecified atom stereocenters. The third-order valence-corrected chi connectivity index (χ3v) is 7.96. The predicted octanol–water partition coefficient (Wildman–Crippen LogP) is 4.80. The van der Waals surface area contributed by atoms with Crippen molar-refractivity contribution in [3.05, 3.63) is 95.8 Å². The maximum atomic E-state index is 13.2. The average molecular weight is 434 g/mol. The number of nitrogens with one attached hydrogen (secondary N) is 1. The van der Waals surface area contributed by atoms with Gasteiger partial charge in [0.2, 0.25) is 10.0 Å². The van der Waals surface area contributed by atoms with E-state index in [0.29, 0.717) is 5.16 Å². The van der Waals surface area contributed by atoms with Crippen LogP contribution < -0.4 is 4.72 Å². The minimum Gasteiger partial charge on any atom is -0.231 e. The van der Waals surface area contributed by atoms with Gasteiger partial charge in [0, 0.05) is 12.4 Å². The number of hydrogen-bond acceptors (Lipinski definition) is 5. The fraction of sp³-hybridized carbons (Fsp3) is 0.130. The van der Waals surface area contributed by atoms with Gasteiger partial charge in [0.05, 0.1) is 16.2 Å². The molecule has 150 valence electrons. The van der Waals surface area contributed by atoms with E-state index in [1.807, 2.05) is 37.3 Å². The molecular formula is C23H19N3O2S2. The van der Waals surface area contributed by atoms with Gasteiger partial charge in [0.15, 0.2) is 5.16 Å². The van der Waals surface area contributed by atoms with E-state index in [1.165, 1.54) is 11.8 Å². The van der Waals surface area contributed by atoms with Crippen molar-refractivity contribution in [2.24, 2.45) is 0 Å². The molecule has 5 nitrogen and oxygen atoms in total. The zero-order chi connectivity index (χ0) is 20.7. The number of sulfonamides is 1. The maximum Gasteiger partial charge on any atom is 0.241 e. The molecule has 3 aromatic carbocycles. The van der Waals surface area contributed by atoms with Crippen LogP contribution >= 0.6 is 11.8 Å². The zero-order valence-electron chi connectivity index (χ0n) is 16.2. The molecule has 0 aliphatic heterocycles. The summed E-state index contributed by atoms with van der Waals surface area (Å²) in [5.74, 6) is 0. The molecule has 5 rings (SSSR count). The molecule has 0 amide bonds. The minimum atomic E-state index is -3.70. The lowest BCUT2D eigenvalue weighted by Gasteiger charge is -2.22. The summed E-state index contributed by atoms with van der Waals surface area (Å²) in [6.45, 7) is 1.94. The Morgan fingerprint density at radius 2 is 1.53 bits per heavy atom. The molecule has 0 saturated carbocycles. The van der Waals surface area contributed by atoms with Gasteiger partial charge in [-0.05, 0) is 47.0 Å². The highest BCUT2D eigenvalue weighted by Crippen LogP contribution is 2.52. The van der Waals surface area contributed by atoms with Crippen molar-refractivity contribution in [2.45, 2.75) is 28.3 Å². The van der Waals surface area contributed by atoms with Crippen LogP contribution in [0.25, 0.3) is 10.8 Å². The molecule has 30 heavy (non-hydrogen) atoms. The van der Waals surface area contributed by atoms with Gasteiger partial charge in [-0.3, -0.25) is 0 Å². The third-order valence-electron chi connectivity index (χ3n) is 5.30. The zero-order valence-corrected chi connectivity index (χ0v) is 17.8. The SMILES string of the molecule is Cc1ccc(S(=O)(=O)N[C@@H]2c3cccc4cccc(c34)[C@H]2Sc2ncccn2)cc1. The van der Waals surface area contributed by atoms with E-state index < -0.39 is 16.1 Å². The topological polar surface area (TPSA) is 72.0 Å². The normalized spacial score (nSPS) is 18.0. The molecule has 1 heterocycles. The first-order chi connectivity index (χ1) is 14.5. The summed E-state index contributed by atoms with van der Waals surface area (Å²) in [4.78, 5) is 8.94. The largest absolute Gasteiger partial charge is 0.241 e. The highest BCUT2D eigenvalue weighted by Gasteiger charge is 2.38. The first kappa shape index (κ1) is 19.2. The first-order valence-corrected chi connectivity index (χ1v) is 11.9. The quantitative estimate of drug-likeness (QED) is 0.458. The second kappa shape index (κ2) is 7.50. The van der Waals surface area contributed by atoms with Gasteiger partial charge in [-0.2, -0.15) is 0 Å². The van der Waals surface area contributed by atoms with Crippen LogP contribution in [0.15, 0.2) is 89.2 Å². The second-order valence-electron chi connectivity index (χ2n) is 7.27.